The summed E-state index contributed by atoms with van der Waals surface area (Å²) >= 11 is 12.8. The van der Waals surface area contributed by atoms with Crippen LogP contribution in [0.3, 0.4) is 0 Å². The number of carbonyl (C=O) groups is 2. The molecule has 0 heterocycles. The lowest BCUT2D eigenvalue weighted by molar-refractivity contribution is -0.118. The maximum absolute atomic E-state index is 12.2. The Balaban J connectivity index is 1.63. The molecule has 3 aromatic carbocycles. The average Bonchev–Trinajstić information content (AvgIpc) is 2.80. The molecule has 0 aliphatic heterocycles. The maximum Gasteiger partial charge on any atom is 0.271 e. The van der Waals surface area contributed by atoms with Gasteiger partial charge in [-0.25, -0.2) is 5.43 Å². The van der Waals surface area contributed by atoms with Crippen LogP contribution in [0.5, 0.6) is 11.5 Å². The highest BCUT2D eigenvalue weighted by atomic mass is 79.9. The van der Waals surface area contributed by atoms with E-state index in [1.807, 2.05) is 0 Å². The highest BCUT2D eigenvalue weighted by molar-refractivity contribution is 9.10. The topological polar surface area (TPSA) is 89.0 Å². The normalized spacial score (nSPS) is 10.7. The van der Waals surface area contributed by atoms with Crippen molar-refractivity contribution >= 4 is 67.2 Å². The van der Waals surface area contributed by atoms with E-state index in [2.05, 4.69) is 47.7 Å². The Bertz CT molecular complexity index is 1190. The second kappa shape index (κ2) is 11.8. The summed E-state index contributed by atoms with van der Waals surface area (Å²) in [4.78, 5) is 24.4. The Labute approximate surface area is 212 Å². The van der Waals surface area contributed by atoms with E-state index in [1.165, 1.54) is 13.3 Å². The van der Waals surface area contributed by atoms with Crippen molar-refractivity contribution in [3.05, 3.63) is 85.8 Å². The van der Waals surface area contributed by atoms with E-state index in [9.17, 15) is 9.59 Å². The van der Waals surface area contributed by atoms with Gasteiger partial charge in [0.1, 0.15) is 0 Å². The van der Waals surface area contributed by atoms with Crippen LogP contribution in [0.15, 0.2) is 74.7 Å². The molecule has 0 aliphatic carbocycles. The first-order chi connectivity index (χ1) is 15.9. The maximum atomic E-state index is 12.2. The lowest BCUT2D eigenvalue weighted by Crippen LogP contribution is -2.20. The number of halogens is 3. The first kappa shape index (κ1) is 24.8. The summed E-state index contributed by atoms with van der Waals surface area (Å²) < 4.78 is 12.5. The molecule has 0 spiro atoms. The Morgan fingerprint density at radius 1 is 1.09 bits per heavy atom. The molecule has 2 N–H and O–H groups in total. The molecule has 170 valence electrons. The van der Waals surface area contributed by atoms with E-state index in [4.69, 9.17) is 21.1 Å². The second-order valence-electron chi connectivity index (χ2n) is 6.56. The SMILES string of the molecule is COc1cc(/C=N/NC(=O)c2ccc(Br)cc2)cc(Br)c1OCC(=O)Nc1ccccc1Cl. The minimum Gasteiger partial charge on any atom is -0.493 e. The van der Waals surface area contributed by atoms with Gasteiger partial charge >= 0.3 is 0 Å². The lowest BCUT2D eigenvalue weighted by Gasteiger charge is -2.14. The van der Waals surface area contributed by atoms with Gasteiger partial charge in [-0.05, 0) is 70.0 Å². The number of carbonyl (C=O) groups excluding carboxylic acids is 2. The summed E-state index contributed by atoms with van der Waals surface area (Å²) in [6.45, 7) is -0.253. The fraction of sp³-hybridized carbons (Fsp3) is 0.0870. The van der Waals surface area contributed by atoms with E-state index in [1.54, 1.807) is 60.7 Å². The van der Waals surface area contributed by atoms with Gasteiger partial charge in [0, 0.05) is 10.0 Å². The summed E-state index contributed by atoms with van der Waals surface area (Å²) in [6.07, 6.45) is 1.47. The molecule has 10 heteroatoms. The molecule has 7 nitrogen and oxygen atoms in total. The lowest BCUT2D eigenvalue weighted by atomic mass is 10.2. The van der Waals surface area contributed by atoms with Crippen molar-refractivity contribution in [1.82, 2.24) is 5.43 Å². The molecule has 3 aromatic rings. The number of hydrazone groups is 1. The van der Waals surface area contributed by atoms with Crippen molar-refractivity contribution in [3.8, 4) is 11.5 Å². The van der Waals surface area contributed by atoms with Crippen molar-refractivity contribution in [1.29, 1.82) is 0 Å². The number of ether oxygens (including phenoxy) is 2. The Kier molecular flexibility index (Phi) is 8.87. The molecule has 0 aromatic heterocycles. The van der Waals surface area contributed by atoms with Crippen LogP contribution < -0.4 is 20.2 Å². The van der Waals surface area contributed by atoms with Crippen LogP contribution in [0.2, 0.25) is 5.02 Å². The molecule has 0 fully saturated rings. The molecular weight excluding hydrogens is 578 g/mol. The van der Waals surface area contributed by atoms with Gasteiger partial charge < -0.3 is 14.8 Å². The van der Waals surface area contributed by atoms with Crippen molar-refractivity contribution in [2.75, 3.05) is 19.0 Å². The third kappa shape index (κ3) is 7.05. The number of rotatable bonds is 8. The molecule has 33 heavy (non-hydrogen) atoms. The summed E-state index contributed by atoms with van der Waals surface area (Å²) in [5, 5.41) is 7.10. The largest absolute Gasteiger partial charge is 0.493 e. The molecule has 0 radical (unpaired) electrons. The summed E-state index contributed by atoms with van der Waals surface area (Å²) in [5.41, 5.74) is 4.09. The predicted octanol–water partition coefficient (Wildman–Crippen LogP) is 5.66. The zero-order chi connectivity index (χ0) is 23.8. The number of hydrogen-bond acceptors (Lipinski definition) is 5. The molecule has 0 saturated carbocycles. The van der Waals surface area contributed by atoms with Crippen LogP contribution in [-0.4, -0.2) is 31.7 Å². The fourth-order valence-electron chi connectivity index (χ4n) is 2.67. The van der Waals surface area contributed by atoms with E-state index >= 15 is 0 Å². The second-order valence-corrected chi connectivity index (χ2v) is 8.73. The van der Waals surface area contributed by atoms with Crippen LogP contribution in [0.1, 0.15) is 15.9 Å². The minimum atomic E-state index is -0.377. The Hall–Kier alpha value is -2.88. The van der Waals surface area contributed by atoms with E-state index in [0.29, 0.717) is 37.8 Å². The van der Waals surface area contributed by atoms with Crippen molar-refractivity contribution in [3.63, 3.8) is 0 Å². The minimum absolute atomic E-state index is 0.253. The summed E-state index contributed by atoms with van der Waals surface area (Å²) in [6, 6.07) is 17.2. The van der Waals surface area contributed by atoms with Gasteiger partial charge in [-0.3, -0.25) is 9.59 Å². The molecule has 2 amide bonds. The van der Waals surface area contributed by atoms with Crippen molar-refractivity contribution in [2.24, 2.45) is 5.10 Å². The third-order valence-corrected chi connectivity index (χ3v) is 5.68. The van der Waals surface area contributed by atoms with Crippen LogP contribution in [-0.2, 0) is 4.79 Å². The van der Waals surface area contributed by atoms with Crippen LogP contribution in [0.25, 0.3) is 0 Å². The molecule has 0 saturated heterocycles. The fourth-order valence-corrected chi connectivity index (χ4v) is 3.69. The van der Waals surface area contributed by atoms with E-state index in [0.717, 1.165) is 4.47 Å². The molecule has 3 rings (SSSR count). The van der Waals surface area contributed by atoms with Crippen molar-refractivity contribution < 1.29 is 19.1 Å². The quantitative estimate of drug-likeness (QED) is 0.260. The van der Waals surface area contributed by atoms with Gasteiger partial charge in [0.15, 0.2) is 18.1 Å². The van der Waals surface area contributed by atoms with E-state index in [-0.39, 0.29) is 18.4 Å². The van der Waals surface area contributed by atoms with Crippen LogP contribution in [0, 0.1) is 0 Å². The molecular formula is C23H18Br2ClN3O4. The number of amides is 2. The molecule has 0 aliphatic rings. The van der Waals surface area contributed by atoms with E-state index < -0.39 is 0 Å². The third-order valence-electron chi connectivity index (χ3n) is 4.23. The van der Waals surface area contributed by atoms with Gasteiger partial charge in [-0.15, -0.1) is 0 Å². The van der Waals surface area contributed by atoms with Gasteiger partial charge in [0.2, 0.25) is 0 Å². The Morgan fingerprint density at radius 2 is 1.82 bits per heavy atom. The molecule has 0 atom stereocenters. The predicted molar refractivity (Wildman–Crippen MR) is 135 cm³/mol. The standard InChI is InChI=1S/C23H18Br2ClN3O4/c1-32-20-11-14(12-27-29-23(31)15-6-8-16(24)9-7-15)10-17(25)22(20)33-13-21(30)28-19-5-3-2-4-18(19)26/h2-12H,13H2,1H3,(H,28,30)(H,29,31)/b27-12+. The van der Waals surface area contributed by atoms with Crippen LogP contribution in [0.4, 0.5) is 5.69 Å². The highest BCUT2D eigenvalue weighted by Gasteiger charge is 2.14. The molecule has 0 unspecified atom stereocenters. The molecule has 0 bridgehead atoms. The van der Waals surface area contributed by atoms with Gasteiger partial charge in [0.05, 0.1) is 28.5 Å². The summed E-state index contributed by atoms with van der Waals surface area (Å²) in [7, 11) is 1.48. The first-order valence-corrected chi connectivity index (χ1v) is 11.5. The average molecular weight is 596 g/mol. The Morgan fingerprint density at radius 3 is 2.52 bits per heavy atom. The van der Waals surface area contributed by atoms with Crippen LogP contribution >= 0.6 is 43.5 Å². The number of anilines is 1. The monoisotopic (exact) mass is 593 g/mol. The number of para-hydroxylation sites is 1. The smallest absolute Gasteiger partial charge is 0.271 e. The zero-order valence-corrected chi connectivity index (χ0v) is 21.2. The van der Waals surface area contributed by atoms with Crippen molar-refractivity contribution in [2.45, 2.75) is 0 Å². The number of benzene rings is 3. The summed E-state index contributed by atoms with van der Waals surface area (Å²) in [5.74, 6) is 0.0195. The van der Waals surface area contributed by atoms with Gasteiger partial charge in [0.25, 0.3) is 11.8 Å². The number of methoxy groups -OCH3 is 1. The number of nitrogens with one attached hydrogen (secondary N) is 2. The zero-order valence-electron chi connectivity index (χ0n) is 17.3. The van der Waals surface area contributed by atoms with Gasteiger partial charge in [-0.1, -0.05) is 39.7 Å². The number of nitrogens with zero attached hydrogens (tertiary/aromatic N) is 1. The van der Waals surface area contributed by atoms with Gasteiger partial charge in [-0.2, -0.15) is 5.10 Å². The first-order valence-electron chi connectivity index (χ1n) is 9.51. The number of hydrogen-bond donors (Lipinski definition) is 2. The highest BCUT2D eigenvalue weighted by Crippen LogP contribution is 2.36.